The number of furan rings is 1. The summed E-state index contributed by atoms with van der Waals surface area (Å²) < 4.78 is 5.69. The highest BCUT2D eigenvalue weighted by molar-refractivity contribution is 7.15. The maximum atomic E-state index is 10.5. The number of thiophene rings is 1. The molecule has 0 aliphatic rings. The Morgan fingerprint density at radius 1 is 1.43 bits per heavy atom. The van der Waals surface area contributed by atoms with Crippen molar-refractivity contribution in [2.24, 2.45) is 0 Å². The van der Waals surface area contributed by atoms with E-state index in [-0.39, 0.29) is 5.76 Å². The zero-order valence-electron chi connectivity index (χ0n) is 6.86. The van der Waals surface area contributed by atoms with E-state index in [0.717, 1.165) is 5.56 Å². The van der Waals surface area contributed by atoms with Gasteiger partial charge in [-0.1, -0.05) is 11.6 Å². The highest BCUT2D eigenvalue weighted by atomic mass is 35.5. The molecular formula is C9H5ClO3S. The lowest BCUT2D eigenvalue weighted by atomic mass is 10.3. The molecule has 2 aromatic rings. The monoisotopic (exact) mass is 228 g/mol. The number of hydrogen-bond donors (Lipinski definition) is 1. The van der Waals surface area contributed by atoms with Crippen LogP contribution in [0.3, 0.4) is 0 Å². The third-order valence-electron chi connectivity index (χ3n) is 1.70. The molecule has 3 nitrogen and oxygen atoms in total. The van der Waals surface area contributed by atoms with Crippen molar-refractivity contribution in [3.05, 3.63) is 33.7 Å². The van der Waals surface area contributed by atoms with Gasteiger partial charge in [-0.15, -0.1) is 11.3 Å². The molecule has 5 heteroatoms. The smallest absolute Gasteiger partial charge is 0.371 e. The van der Waals surface area contributed by atoms with Crippen molar-refractivity contribution in [1.82, 2.24) is 0 Å². The first-order valence-corrected chi connectivity index (χ1v) is 5.01. The molecule has 0 amide bonds. The van der Waals surface area contributed by atoms with E-state index < -0.39 is 5.97 Å². The summed E-state index contributed by atoms with van der Waals surface area (Å²) in [4.78, 5) is 10.5. The summed E-state index contributed by atoms with van der Waals surface area (Å²) in [5, 5.41) is 10.5. The fourth-order valence-corrected chi connectivity index (χ4v) is 2.00. The number of hydrogen-bond acceptors (Lipinski definition) is 3. The molecule has 1 N–H and O–H groups in total. The van der Waals surface area contributed by atoms with Gasteiger partial charge in [-0.2, -0.15) is 0 Å². The van der Waals surface area contributed by atoms with Crippen LogP contribution in [-0.4, -0.2) is 11.1 Å². The Kier molecular flexibility index (Phi) is 2.31. The lowest BCUT2D eigenvalue weighted by Gasteiger charge is -1.91. The summed E-state index contributed by atoms with van der Waals surface area (Å²) in [6, 6.07) is 4.79. The predicted octanol–water partition coefficient (Wildman–Crippen LogP) is 3.36. The van der Waals surface area contributed by atoms with Crippen LogP contribution in [0.5, 0.6) is 0 Å². The molecule has 2 heterocycles. The summed E-state index contributed by atoms with van der Waals surface area (Å²) in [5.41, 5.74) is 0.726. The highest BCUT2D eigenvalue weighted by Gasteiger charge is 2.12. The lowest BCUT2D eigenvalue weighted by Crippen LogP contribution is -1.91. The third kappa shape index (κ3) is 1.54. The summed E-state index contributed by atoms with van der Waals surface area (Å²) in [6.07, 6.45) is 0. The molecule has 0 saturated carbocycles. The van der Waals surface area contributed by atoms with E-state index >= 15 is 0 Å². The maximum Gasteiger partial charge on any atom is 0.371 e. The Morgan fingerprint density at radius 2 is 2.21 bits per heavy atom. The molecule has 2 rings (SSSR count). The van der Waals surface area contributed by atoms with Crippen molar-refractivity contribution in [2.45, 2.75) is 0 Å². The quantitative estimate of drug-likeness (QED) is 0.858. The molecule has 0 bridgehead atoms. The van der Waals surface area contributed by atoms with E-state index in [0.29, 0.717) is 10.1 Å². The third-order valence-corrected chi connectivity index (χ3v) is 2.87. The van der Waals surface area contributed by atoms with E-state index in [4.69, 9.17) is 21.1 Å². The van der Waals surface area contributed by atoms with Crippen LogP contribution in [0, 0.1) is 0 Å². The Hall–Kier alpha value is -1.26. The largest absolute Gasteiger partial charge is 0.475 e. The van der Waals surface area contributed by atoms with Crippen LogP contribution in [-0.2, 0) is 0 Å². The molecule has 0 saturated heterocycles. The number of carboxylic acid groups (broad SMARTS) is 1. The van der Waals surface area contributed by atoms with Gasteiger partial charge in [-0.25, -0.2) is 4.79 Å². The molecule has 0 radical (unpaired) electrons. The fourth-order valence-electron chi connectivity index (χ4n) is 1.07. The molecule has 0 aliphatic carbocycles. The number of carboxylic acids is 1. The Bertz CT molecular complexity index is 472. The minimum Gasteiger partial charge on any atom is -0.475 e. The molecule has 2 aromatic heterocycles. The van der Waals surface area contributed by atoms with Crippen molar-refractivity contribution in [2.75, 3.05) is 0 Å². The topological polar surface area (TPSA) is 50.4 Å². The minimum atomic E-state index is -1.08. The Morgan fingerprint density at radius 3 is 2.71 bits per heavy atom. The zero-order valence-corrected chi connectivity index (χ0v) is 8.43. The Balaban J connectivity index is 2.43. The molecule has 0 fully saturated rings. The van der Waals surface area contributed by atoms with Crippen molar-refractivity contribution in [1.29, 1.82) is 0 Å². The first-order chi connectivity index (χ1) is 6.68. The second-order valence-electron chi connectivity index (χ2n) is 2.58. The molecule has 0 spiro atoms. The van der Waals surface area contributed by atoms with Gasteiger partial charge in [0.1, 0.15) is 10.1 Å². The highest BCUT2D eigenvalue weighted by Crippen LogP contribution is 2.33. The minimum absolute atomic E-state index is 0.0812. The normalized spacial score (nSPS) is 10.4. The molecule has 14 heavy (non-hydrogen) atoms. The van der Waals surface area contributed by atoms with Crippen LogP contribution >= 0.6 is 22.9 Å². The summed E-state index contributed by atoms with van der Waals surface area (Å²) >= 11 is 7.25. The Labute approximate surface area is 88.5 Å². The molecular weight excluding hydrogens is 224 g/mol. The maximum absolute atomic E-state index is 10.5. The van der Waals surface area contributed by atoms with Gasteiger partial charge >= 0.3 is 5.97 Å². The second kappa shape index (κ2) is 3.48. The number of rotatable bonds is 2. The number of halogens is 1. The van der Waals surface area contributed by atoms with Crippen LogP contribution in [0.15, 0.2) is 28.0 Å². The first kappa shape index (κ1) is 9.30. The summed E-state index contributed by atoms with van der Waals surface area (Å²) in [7, 11) is 0. The van der Waals surface area contributed by atoms with Crippen LogP contribution in [0.25, 0.3) is 11.3 Å². The van der Waals surface area contributed by atoms with Gasteiger partial charge in [-0.3, -0.25) is 0 Å². The van der Waals surface area contributed by atoms with Crippen LogP contribution in [0.4, 0.5) is 0 Å². The van der Waals surface area contributed by atoms with Gasteiger partial charge in [0.05, 0.1) is 0 Å². The second-order valence-corrected chi connectivity index (χ2v) is 4.10. The number of aromatic carboxylic acids is 1. The number of carbonyl (C=O) groups is 1. The van der Waals surface area contributed by atoms with E-state index in [2.05, 4.69) is 0 Å². The van der Waals surface area contributed by atoms with E-state index in [1.807, 2.05) is 5.38 Å². The van der Waals surface area contributed by atoms with Gasteiger partial charge in [0.15, 0.2) is 0 Å². The molecule has 0 aliphatic heterocycles. The van der Waals surface area contributed by atoms with Crippen molar-refractivity contribution >= 4 is 28.9 Å². The van der Waals surface area contributed by atoms with Crippen LogP contribution in [0.1, 0.15) is 10.6 Å². The van der Waals surface area contributed by atoms with Crippen LogP contribution in [0.2, 0.25) is 4.34 Å². The van der Waals surface area contributed by atoms with Crippen molar-refractivity contribution in [3.8, 4) is 11.3 Å². The summed E-state index contributed by atoms with van der Waals surface area (Å²) in [5.74, 6) is -0.682. The van der Waals surface area contributed by atoms with E-state index in [1.54, 1.807) is 12.1 Å². The van der Waals surface area contributed by atoms with Gasteiger partial charge in [0.25, 0.3) is 0 Å². The van der Waals surface area contributed by atoms with E-state index in [1.165, 1.54) is 17.4 Å². The van der Waals surface area contributed by atoms with Crippen molar-refractivity contribution < 1.29 is 14.3 Å². The van der Waals surface area contributed by atoms with Gasteiger partial charge < -0.3 is 9.52 Å². The summed E-state index contributed by atoms with van der Waals surface area (Å²) in [6.45, 7) is 0. The fraction of sp³-hybridized carbons (Fsp3) is 0. The van der Waals surface area contributed by atoms with Gasteiger partial charge in [0.2, 0.25) is 5.76 Å². The predicted molar refractivity (Wildman–Crippen MR) is 54.0 cm³/mol. The SMILES string of the molecule is O=C(O)c1ccc(-c2ccsc2Cl)o1. The van der Waals surface area contributed by atoms with Gasteiger partial charge in [-0.05, 0) is 23.6 Å². The first-order valence-electron chi connectivity index (χ1n) is 3.75. The zero-order chi connectivity index (χ0) is 10.1. The molecule has 0 unspecified atom stereocenters. The average Bonchev–Trinajstić information content (AvgIpc) is 2.71. The van der Waals surface area contributed by atoms with E-state index in [9.17, 15) is 4.79 Å². The lowest BCUT2D eigenvalue weighted by molar-refractivity contribution is 0.0663. The molecule has 0 atom stereocenters. The van der Waals surface area contributed by atoms with Gasteiger partial charge in [0, 0.05) is 5.56 Å². The van der Waals surface area contributed by atoms with Crippen LogP contribution < -0.4 is 0 Å². The van der Waals surface area contributed by atoms with Crippen molar-refractivity contribution in [3.63, 3.8) is 0 Å². The standard InChI is InChI=1S/C9H5ClO3S/c10-8-5(3-4-14-8)6-1-2-7(13-6)9(11)12/h1-4H,(H,11,12). The molecule has 72 valence electrons. The molecule has 0 aromatic carbocycles. The average molecular weight is 229 g/mol.